The maximum atomic E-state index is 13.2. The molecule has 0 aliphatic carbocycles. The first-order chi connectivity index (χ1) is 15.5. The van der Waals surface area contributed by atoms with Crippen LogP contribution in [0.2, 0.25) is 0 Å². The average molecular weight is 433 g/mol. The molecule has 6 heteroatoms. The zero-order chi connectivity index (χ0) is 22.5. The molecule has 32 heavy (non-hydrogen) atoms. The summed E-state index contributed by atoms with van der Waals surface area (Å²) in [5.41, 5.74) is 3.17. The van der Waals surface area contributed by atoms with Gasteiger partial charge in [-0.25, -0.2) is 14.4 Å². The van der Waals surface area contributed by atoms with E-state index in [-0.39, 0.29) is 17.6 Å². The number of nitrogens with zero attached hydrogens (tertiary/aromatic N) is 3. The Morgan fingerprint density at radius 2 is 1.88 bits per heavy atom. The normalized spacial score (nSPS) is 16.2. The van der Waals surface area contributed by atoms with Crippen LogP contribution in [0.3, 0.4) is 0 Å². The largest absolute Gasteiger partial charge is 0.356 e. The van der Waals surface area contributed by atoms with Crippen LogP contribution in [-0.4, -0.2) is 29.0 Å². The van der Waals surface area contributed by atoms with Gasteiger partial charge in [0.15, 0.2) is 5.82 Å². The predicted molar refractivity (Wildman–Crippen MR) is 125 cm³/mol. The first-order valence-electron chi connectivity index (χ1n) is 11.2. The molecule has 1 fully saturated rings. The van der Waals surface area contributed by atoms with Crippen molar-refractivity contribution in [3.8, 4) is 11.4 Å². The van der Waals surface area contributed by atoms with Gasteiger partial charge in [-0.05, 0) is 60.2 Å². The molecule has 5 nitrogen and oxygen atoms in total. The van der Waals surface area contributed by atoms with Gasteiger partial charge in [-0.1, -0.05) is 38.1 Å². The summed E-state index contributed by atoms with van der Waals surface area (Å²) in [7, 11) is 0. The lowest BCUT2D eigenvalue weighted by molar-refractivity contribution is -0.125. The van der Waals surface area contributed by atoms with Crippen LogP contribution in [0.25, 0.3) is 11.4 Å². The Morgan fingerprint density at radius 3 is 2.59 bits per heavy atom. The zero-order valence-electron chi connectivity index (χ0n) is 18.6. The molecule has 0 spiro atoms. The van der Waals surface area contributed by atoms with Crippen molar-refractivity contribution in [1.29, 1.82) is 0 Å². The molecule has 3 aromatic rings. The SMILES string of the molecule is CC(C)c1ccc(CNC(=O)[C@@H]2CCCN(c3ccnc(-c4ccc(F)cc4)n3)C2)cc1. The molecule has 0 unspecified atom stereocenters. The standard InChI is InChI=1S/C26H29FN4O/c1-18(2)20-7-5-19(6-8-20)16-29-26(32)22-4-3-15-31(17-22)24-13-14-28-25(30-24)21-9-11-23(27)12-10-21/h5-14,18,22H,3-4,15-17H2,1-2H3,(H,29,32)/t22-/m1/s1. The third kappa shape index (κ3) is 5.31. The maximum absolute atomic E-state index is 13.2. The van der Waals surface area contributed by atoms with Gasteiger partial charge in [-0.3, -0.25) is 4.79 Å². The van der Waals surface area contributed by atoms with Gasteiger partial charge >= 0.3 is 0 Å². The molecule has 1 N–H and O–H groups in total. The number of halogens is 1. The van der Waals surface area contributed by atoms with Crippen molar-refractivity contribution >= 4 is 11.7 Å². The monoisotopic (exact) mass is 432 g/mol. The molecule has 2 heterocycles. The van der Waals surface area contributed by atoms with Crippen LogP contribution in [0.15, 0.2) is 60.8 Å². The highest BCUT2D eigenvalue weighted by Crippen LogP contribution is 2.24. The molecule has 1 aliphatic heterocycles. The quantitative estimate of drug-likeness (QED) is 0.600. The van der Waals surface area contributed by atoms with Crippen molar-refractivity contribution in [3.63, 3.8) is 0 Å². The topological polar surface area (TPSA) is 58.1 Å². The number of hydrogen-bond acceptors (Lipinski definition) is 4. The predicted octanol–water partition coefficient (Wildman–Crippen LogP) is 4.94. The van der Waals surface area contributed by atoms with Crippen molar-refractivity contribution in [2.24, 2.45) is 5.92 Å². The zero-order valence-corrected chi connectivity index (χ0v) is 18.6. The van der Waals surface area contributed by atoms with Crippen molar-refractivity contribution in [3.05, 3.63) is 77.7 Å². The van der Waals surface area contributed by atoms with Gasteiger partial charge in [0.1, 0.15) is 11.6 Å². The van der Waals surface area contributed by atoms with Gasteiger partial charge < -0.3 is 10.2 Å². The Balaban J connectivity index is 1.38. The lowest BCUT2D eigenvalue weighted by Gasteiger charge is -2.33. The van der Waals surface area contributed by atoms with E-state index in [1.54, 1.807) is 18.3 Å². The first kappa shape index (κ1) is 21.9. The number of aromatic nitrogens is 2. The Hall–Kier alpha value is -3.28. The summed E-state index contributed by atoms with van der Waals surface area (Å²) < 4.78 is 13.2. The number of hydrogen-bond donors (Lipinski definition) is 1. The summed E-state index contributed by atoms with van der Waals surface area (Å²) in [4.78, 5) is 24.0. The first-order valence-corrected chi connectivity index (χ1v) is 11.2. The summed E-state index contributed by atoms with van der Waals surface area (Å²) >= 11 is 0. The highest BCUT2D eigenvalue weighted by Gasteiger charge is 2.26. The minimum absolute atomic E-state index is 0.0791. The number of carbonyl (C=O) groups is 1. The maximum Gasteiger partial charge on any atom is 0.225 e. The lowest BCUT2D eigenvalue weighted by Crippen LogP contribution is -2.43. The molecule has 0 saturated carbocycles. The summed E-state index contributed by atoms with van der Waals surface area (Å²) in [6, 6.07) is 16.4. The minimum atomic E-state index is -0.286. The van der Waals surface area contributed by atoms with Crippen LogP contribution in [-0.2, 0) is 11.3 Å². The number of nitrogens with one attached hydrogen (secondary N) is 1. The molecule has 1 atom stereocenters. The summed E-state index contributed by atoms with van der Waals surface area (Å²) in [5, 5.41) is 3.10. The second kappa shape index (κ2) is 9.90. The van der Waals surface area contributed by atoms with Crippen molar-refractivity contribution in [2.75, 3.05) is 18.0 Å². The van der Waals surface area contributed by atoms with E-state index >= 15 is 0 Å². The third-order valence-electron chi connectivity index (χ3n) is 5.97. The Morgan fingerprint density at radius 1 is 1.12 bits per heavy atom. The van der Waals surface area contributed by atoms with Crippen LogP contribution < -0.4 is 10.2 Å². The number of benzene rings is 2. The number of amides is 1. The van der Waals surface area contributed by atoms with Crippen molar-refractivity contribution in [2.45, 2.75) is 39.2 Å². The molecule has 1 saturated heterocycles. The number of piperidine rings is 1. The molecule has 1 amide bonds. The van der Waals surface area contributed by atoms with E-state index < -0.39 is 0 Å². The molecule has 0 radical (unpaired) electrons. The van der Waals surface area contributed by atoms with E-state index in [2.05, 4.69) is 58.3 Å². The van der Waals surface area contributed by atoms with E-state index in [0.717, 1.165) is 36.3 Å². The average Bonchev–Trinajstić information content (AvgIpc) is 2.83. The smallest absolute Gasteiger partial charge is 0.225 e. The fourth-order valence-electron chi connectivity index (χ4n) is 4.02. The molecule has 1 aliphatic rings. The van der Waals surface area contributed by atoms with E-state index in [4.69, 9.17) is 0 Å². The van der Waals surface area contributed by atoms with Crippen molar-refractivity contribution in [1.82, 2.24) is 15.3 Å². The number of rotatable bonds is 6. The summed E-state index contributed by atoms with van der Waals surface area (Å²) in [5.74, 6) is 1.56. The van der Waals surface area contributed by atoms with E-state index in [1.807, 2.05) is 6.07 Å². The second-order valence-corrected chi connectivity index (χ2v) is 8.64. The van der Waals surface area contributed by atoms with Crippen molar-refractivity contribution < 1.29 is 9.18 Å². The summed E-state index contributed by atoms with van der Waals surface area (Å²) in [6.45, 7) is 6.35. The van der Waals surface area contributed by atoms with Gasteiger partial charge in [0.25, 0.3) is 0 Å². The minimum Gasteiger partial charge on any atom is -0.356 e. The molecule has 2 aromatic carbocycles. The second-order valence-electron chi connectivity index (χ2n) is 8.64. The van der Waals surface area contributed by atoms with Gasteiger partial charge in [-0.2, -0.15) is 0 Å². The van der Waals surface area contributed by atoms with E-state index in [0.29, 0.717) is 24.8 Å². The van der Waals surface area contributed by atoms with E-state index in [1.165, 1.54) is 17.7 Å². The highest BCUT2D eigenvalue weighted by atomic mass is 19.1. The van der Waals surface area contributed by atoms with Crippen LogP contribution in [0.4, 0.5) is 10.2 Å². The fraction of sp³-hybridized carbons (Fsp3) is 0.346. The Kier molecular flexibility index (Phi) is 6.78. The van der Waals surface area contributed by atoms with Gasteiger partial charge in [-0.15, -0.1) is 0 Å². The van der Waals surface area contributed by atoms with Crippen LogP contribution in [0.5, 0.6) is 0 Å². The van der Waals surface area contributed by atoms with Gasteiger partial charge in [0.2, 0.25) is 5.91 Å². The summed E-state index contributed by atoms with van der Waals surface area (Å²) in [6.07, 6.45) is 3.51. The van der Waals surface area contributed by atoms with Crippen LogP contribution in [0.1, 0.15) is 43.7 Å². The van der Waals surface area contributed by atoms with Crippen LogP contribution in [0, 0.1) is 11.7 Å². The molecular formula is C26H29FN4O. The van der Waals surface area contributed by atoms with Crippen LogP contribution >= 0.6 is 0 Å². The molecular weight excluding hydrogens is 403 g/mol. The van der Waals surface area contributed by atoms with E-state index in [9.17, 15) is 9.18 Å². The lowest BCUT2D eigenvalue weighted by atomic mass is 9.97. The molecule has 4 rings (SSSR count). The van der Waals surface area contributed by atoms with Gasteiger partial charge in [0.05, 0.1) is 5.92 Å². The number of anilines is 1. The molecule has 1 aromatic heterocycles. The Labute approximate surface area is 188 Å². The fourth-order valence-corrected chi connectivity index (χ4v) is 4.02. The molecule has 0 bridgehead atoms. The highest BCUT2D eigenvalue weighted by molar-refractivity contribution is 5.79. The number of carbonyl (C=O) groups excluding carboxylic acids is 1. The third-order valence-corrected chi connectivity index (χ3v) is 5.97. The molecule has 166 valence electrons. The Bertz CT molecular complexity index is 1050. The van der Waals surface area contributed by atoms with Gasteiger partial charge in [0, 0.05) is 31.4 Å².